The second-order valence-electron chi connectivity index (χ2n) is 6.23. The maximum absolute atomic E-state index is 12.8. The van der Waals surface area contributed by atoms with Crippen molar-refractivity contribution in [2.75, 3.05) is 25.1 Å². The van der Waals surface area contributed by atoms with Crippen molar-refractivity contribution in [3.63, 3.8) is 0 Å². The Kier molecular flexibility index (Phi) is 7.12. The predicted octanol–water partition coefficient (Wildman–Crippen LogP) is 4.30. The van der Waals surface area contributed by atoms with Crippen LogP contribution in [0.4, 0.5) is 9.80 Å². The lowest BCUT2D eigenvalue weighted by Gasteiger charge is -2.26. The van der Waals surface area contributed by atoms with Gasteiger partial charge >= 0.3 is 12.1 Å². The van der Waals surface area contributed by atoms with Gasteiger partial charge in [-0.25, -0.2) is 9.59 Å². The van der Waals surface area contributed by atoms with Crippen molar-refractivity contribution in [2.24, 2.45) is 0 Å². The Balaban J connectivity index is 1.92. The van der Waals surface area contributed by atoms with Crippen molar-refractivity contribution >= 4 is 56.9 Å². The number of ether oxygens (including phenoxy) is 2. The maximum atomic E-state index is 12.8. The first-order valence-corrected chi connectivity index (χ1v) is 11.1. The molecule has 1 aromatic heterocycles. The van der Waals surface area contributed by atoms with E-state index in [0.29, 0.717) is 42.2 Å². The SMILES string of the molecule is CCOC(=O)c1c(NC(=O)c2ccccc2I)sc2c1CCN(C(=O)OCC)C2. The second-order valence-corrected chi connectivity index (χ2v) is 8.50. The Labute approximate surface area is 186 Å². The highest BCUT2D eigenvalue weighted by Crippen LogP contribution is 2.38. The minimum atomic E-state index is -0.465. The molecule has 1 aliphatic heterocycles. The molecule has 3 rings (SSSR count). The van der Waals surface area contributed by atoms with E-state index in [-0.39, 0.29) is 18.6 Å². The van der Waals surface area contributed by atoms with Gasteiger partial charge in [0.05, 0.1) is 30.9 Å². The van der Waals surface area contributed by atoms with Crippen LogP contribution in [0.25, 0.3) is 0 Å². The summed E-state index contributed by atoms with van der Waals surface area (Å²) in [6, 6.07) is 7.23. The smallest absolute Gasteiger partial charge is 0.410 e. The maximum Gasteiger partial charge on any atom is 0.410 e. The molecule has 1 aliphatic rings. The van der Waals surface area contributed by atoms with Crippen molar-refractivity contribution in [1.29, 1.82) is 0 Å². The fourth-order valence-electron chi connectivity index (χ4n) is 3.10. The lowest BCUT2D eigenvalue weighted by molar-refractivity contribution is 0.0526. The molecule has 0 saturated carbocycles. The Morgan fingerprint density at radius 2 is 1.90 bits per heavy atom. The molecule has 0 unspecified atom stereocenters. The van der Waals surface area contributed by atoms with Crippen LogP contribution in [0, 0.1) is 3.57 Å². The van der Waals surface area contributed by atoms with Gasteiger partial charge in [0.15, 0.2) is 0 Å². The van der Waals surface area contributed by atoms with Crippen LogP contribution in [-0.2, 0) is 22.4 Å². The molecule has 9 heteroatoms. The van der Waals surface area contributed by atoms with E-state index in [4.69, 9.17) is 9.47 Å². The first kappa shape index (κ1) is 21.6. The number of halogens is 1. The van der Waals surface area contributed by atoms with Crippen molar-refractivity contribution in [3.8, 4) is 0 Å². The van der Waals surface area contributed by atoms with Gasteiger partial charge in [-0.15, -0.1) is 11.3 Å². The van der Waals surface area contributed by atoms with Crippen LogP contribution in [0.3, 0.4) is 0 Å². The van der Waals surface area contributed by atoms with E-state index < -0.39 is 5.97 Å². The van der Waals surface area contributed by atoms with Gasteiger partial charge in [-0.2, -0.15) is 0 Å². The zero-order chi connectivity index (χ0) is 21.0. The number of carbonyl (C=O) groups is 3. The van der Waals surface area contributed by atoms with Crippen LogP contribution in [0.15, 0.2) is 24.3 Å². The molecule has 154 valence electrons. The van der Waals surface area contributed by atoms with E-state index >= 15 is 0 Å². The van der Waals surface area contributed by atoms with E-state index in [1.54, 1.807) is 30.9 Å². The molecule has 2 amide bonds. The summed E-state index contributed by atoms with van der Waals surface area (Å²) in [4.78, 5) is 40.0. The molecule has 1 N–H and O–H groups in total. The van der Waals surface area contributed by atoms with Gasteiger partial charge in [0.25, 0.3) is 5.91 Å². The van der Waals surface area contributed by atoms with Crippen molar-refractivity contribution in [1.82, 2.24) is 4.90 Å². The topological polar surface area (TPSA) is 84.9 Å². The fraction of sp³-hybridized carbons (Fsp3) is 0.350. The molecular weight excluding hydrogens is 507 g/mol. The third kappa shape index (κ3) is 4.72. The highest BCUT2D eigenvalue weighted by Gasteiger charge is 2.31. The van der Waals surface area contributed by atoms with E-state index in [0.717, 1.165) is 14.0 Å². The number of esters is 1. The van der Waals surface area contributed by atoms with Gasteiger partial charge in [-0.1, -0.05) is 12.1 Å². The number of amides is 2. The van der Waals surface area contributed by atoms with Crippen LogP contribution in [-0.4, -0.2) is 42.6 Å². The molecule has 2 heterocycles. The quantitative estimate of drug-likeness (QED) is 0.463. The molecule has 0 radical (unpaired) electrons. The number of thiophene rings is 1. The number of rotatable bonds is 5. The van der Waals surface area contributed by atoms with Gasteiger partial charge in [-0.05, 0) is 60.6 Å². The summed E-state index contributed by atoms with van der Waals surface area (Å²) >= 11 is 3.40. The molecule has 2 aromatic rings. The molecule has 0 saturated heterocycles. The first-order valence-electron chi connectivity index (χ1n) is 9.25. The van der Waals surface area contributed by atoms with Gasteiger partial charge < -0.3 is 19.7 Å². The lowest BCUT2D eigenvalue weighted by Crippen LogP contribution is -2.36. The molecular formula is C20H21IN2O5S. The number of nitrogens with one attached hydrogen (secondary N) is 1. The third-order valence-electron chi connectivity index (χ3n) is 4.41. The molecule has 0 bridgehead atoms. The largest absolute Gasteiger partial charge is 0.462 e. The van der Waals surface area contributed by atoms with E-state index in [2.05, 4.69) is 27.9 Å². The second kappa shape index (κ2) is 9.57. The van der Waals surface area contributed by atoms with Crippen molar-refractivity contribution in [2.45, 2.75) is 26.8 Å². The minimum Gasteiger partial charge on any atom is -0.462 e. The van der Waals surface area contributed by atoms with Crippen LogP contribution in [0.1, 0.15) is 45.0 Å². The number of carbonyl (C=O) groups excluding carboxylic acids is 3. The van der Waals surface area contributed by atoms with E-state index in [1.807, 2.05) is 12.1 Å². The number of nitrogens with zero attached hydrogens (tertiary/aromatic N) is 1. The summed E-state index contributed by atoms with van der Waals surface area (Å²) in [6.45, 7) is 4.82. The van der Waals surface area contributed by atoms with Gasteiger partial charge in [0.2, 0.25) is 0 Å². The molecule has 1 aromatic carbocycles. The van der Waals surface area contributed by atoms with E-state index in [9.17, 15) is 14.4 Å². The highest BCUT2D eigenvalue weighted by atomic mass is 127. The van der Waals surface area contributed by atoms with Crippen molar-refractivity contribution in [3.05, 3.63) is 49.4 Å². The number of fused-ring (bicyclic) bond motifs is 1. The summed E-state index contributed by atoms with van der Waals surface area (Å²) in [7, 11) is 0. The zero-order valence-electron chi connectivity index (χ0n) is 16.1. The Morgan fingerprint density at radius 3 is 2.59 bits per heavy atom. The average molecular weight is 528 g/mol. The molecule has 29 heavy (non-hydrogen) atoms. The summed E-state index contributed by atoms with van der Waals surface area (Å²) in [5.74, 6) is -0.756. The third-order valence-corrected chi connectivity index (χ3v) is 6.48. The van der Waals surface area contributed by atoms with Crippen molar-refractivity contribution < 1.29 is 23.9 Å². The number of hydrogen-bond acceptors (Lipinski definition) is 6. The Morgan fingerprint density at radius 1 is 1.17 bits per heavy atom. The standard InChI is InChI=1S/C20H21IN2O5S/c1-3-27-19(25)16-13-9-10-23(20(26)28-4-2)11-15(13)29-18(16)22-17(24)12-7-5-6-8-14(12)21/h5-8H,3-4,9-11H2,1-2H3,(H,22,24). The minimum absolute atomic E-state index is 0.238. The highest BCUT2D eigenvalue weighted by molar-refractivity contribution is 14.1. The van der Waals surface area contributed by atoms with E-state index in [1.165, 1.54) is 11.3 Å². The summed E-state index contributed by atoms with van der Waals surface area (Å²) < 4.78 is 11.1. The van der Waals surface area contributed by atoms with Crippen LogP contribution >= 0.6 is 33.9 Å². The molecule has 0 fully saturated rings. The van der Waals surface area contributed by atoms with Gasteiger partial charge in [0.1, 0.15) is 5.00 Å². The number of anilines is 1. The molecule has 0 spiro atoms. The summed E-state index contributed by atoms with van der Waals surface area (Å²) in [5.41, 5.74) is 1.74. The fourth-order valence-corrected chi connectivity index (χ4v) is 4.98. The molecule has 0 atom stereocenters. The van der Waals surface area contributed by atoms with Crippen LogP contribution in [0.2, 0.25) is 0 Å². The Bertz CT molecular complexity index is 943. The monoisotopic (exact) mass is 528 g/mol. The van der Waals surface area contributed by atoms with Gasteiger partial charge in [-0.3, -0.25) is 4.79 Å². The van der Waals surface area contributed by atoms with Gasteiger partial charge in [0, 0.05) is 15.0 Å². The predicted molar refractivity (Wildman–Crippen MR) is 119 cm³/mol. The Hall–Kier alpha value is -2.14. The summed E-state index contributed by atoms with van der Waals surface area (Å²) in [5, 5.41) is 3.32. The van der Waals surface area contributed by atoms with Crippen LogP contribution < -0.4 is 5.32 Å². The number of hydrogen-bond donors (Lipinski definition) is 1. The average Bonchev–Trinajstić information content (AvgIpc) is 3.05. The van der Waals surface area contributed by atoms with Crippen LogP contribution in [0.5, 0.6) is 0 Å². The molecule has 0 aliphatic carbocycles. The first-order chi connectivity index (χ1) is 14.0. The normalized spacial score (nSPS) is 12.9. The number of benzene rings is 1. The summed E-state index contributed by atoms with van der Waals surface area (Å²) in [6.07, 6.45) is 0.117. The zero-order valence-corrected chi connectivity index (χ0v) is 19.1. The molecule has 7 nitrogen and oxygen atoms in total. The lowest BCUT2D eigenvalue weighted by atomic mass is 10.0.